The van der Waals surface area contributed by atoms with Gasteiger partial charge in [-0.15, -0.1) is 0 Å². The quantitative estimate of drug-likeness (QED) is 0.701. The molecule has 1 aliphatic heterocycles. The van der Waals surface area contributed by atoms with E-state index in [9.17, 15) is 0 Å². The summed E-state index contributed by atoms with van der Waals surface area (Å²) in [5, 5.41) is 0. The predicted octanol–water partition coefficient (Wildman–Crippen LogP) is 2.57. The smallest absolute Gasteiger partial charge is 0.140 e. The largest absolute Gasteiger partial charge is 0.353 e. The van der Waals surface area contributed by atoms with Gasteiger partial charge in [0.25, 0.3) is 0 Å². The molecule has 3 aromatic rings. The summed E-state index contributed by atoms with van der Waals surface area (Å²) >= 11 is 0. The van der Waals surface area contributed by atoms with Crippen molar-refractivity contribution in [3.05, 3.63) is 54.0 Å². The summed E-state index contributed by atoms with van der Waals surface area (Å²) in [6.07, 6.45) is 10.2. The summed E-state index contributed by atoms with van der Waals surface area (Å²) in [6.45, 7) is 5.80. The average molecular weight is 375 g/mol. The van der Waals surface area contributed by atoms with E-state index in [1.807, 2.05) is 30.0 Å². The number of hydrogen-bond acceptors (Lipinski definition) is 6. The fourth-order valence-electron chi connectivity index (χ4n) is 4.27. The van der Waals surface area contributed by atoms with Crippen LogP contribution in [0.15, 0.2) is 36.9 Å². The summed E-state index contributed by atoms with van der Waals surface area (Å²) in [5.41, 5.74) is 2.63. The number of anilines is 2. The number of hydrogen-bond donors (Lipinski definition) is 0. The first kappa shape index (κ1) is 17.2. The van der Waals surface area contributed by atoms with E-state index >= 15 is 0 Å². The van der Waals surface area contributed by atoms with E-state index in [-0.39, 0.29) is 0 Å². The van der Waals surface area contributed by atoms with Crippen LogP contribution in [0.3, 0.4) is 0 Å². The Bertz CT molecular complexity index is 972. The Hall–Kier alpha value is -2.96. The first-order chi connectivity index (χ1) is 13.8. The van der Waals surface area contributed by atoms with Crippen LogP contribution >= 0.6 is 0 Å². The van der Waals surface area contributed by atoms with Crippen LogP contribution in [0.4, 0.5) is 11.6 Å². The van der Waals surface area contributed by atoms with Gasteiger partial charge in [-0.1, -0.05) is 6.07 Å². The molecule has 0 spiro atoms. The SMILES string of the molecule is Cc1nccn1-c1cccc(N2CCN(c3ncnc4c3CCCC4)CC2)n1. The maximum atomic E-state index is 4.87. The Morgan fingerprint density at radius 2 is 1.64 bits per heavy atom. The molecule has 7 heteroatoms. The second kappa shape index (κ2) is 7.22. The molecule has 0 aromatic carbocycles. The van der Waals surface area contributed by atoms with E-state index in [1.165, 1.54) is 24.1 Å². The molecule has 1 saturated heterocycles. The second-order valence-corrected chi connectivity index (χ2v) is 7.50. The zero-order valence-electron chi connectivity index (χ0n) is 16.3. The first-order valence-electron chi connectivity index (χ1n) is 10.1. The van der Waals surface area contributed by atoms with Crippen molar-refractivity contribution in [3.8, 4) is 5.82 Å². The molecular weight excluding hydrogens is 350 g/mol. The molecule has 0 N–H and O–H groups in total. The zero-order valence-corrected chi connectivity index (χ0v) is 16.3. The molecule has 144 valence electrons. The Morgan fingerprint density at radius 3 is 2.46 bits per heavy atom. The maximum Gasteiger partial charge on any atom is 0.140 e. The summed E-state index contributed by atoms with van der Waals surface area (Å²) < 4.78 is 2.02. The molecule has 1 aliphatic carbocycles. The maximum absolute atomic E-state index is 4.87. The molecule has 0 saturated carbocycles. The number of fused-ring (bicyclic) bond motifs is 1. The molecule has 0 unspecified atom stereocenters. The lowest BCUT2D eigenvalue weighted by Gasteiger charge is -2.37. The van der Waals surface area contributed by atoms with Crippen molar-refractivity contribution in [2.45, 2.75) is 32.6 Å². The van der Waals surface area contributed by atoms with Crippen molar-refractivity contribution in [1.29, 1.82) is 0 Å². The third kappa shape index (κ3) is 3.10. The number of nitrogens with zero attached hydrogens (tertiary/aromatic N) is 7. The summed E-state index contributed by atoms with van der Waals surface area (Å²) in [6, 6.07) is 6.20. The van der Waals surface area contributed by atoms with Gasteiger partial charge in [-0.3, -0.25) is 4.57 Å². The third-order valence-corrected chi connectivity index (χ3v) is 5.80. The van der Waals surface area contributed by atoms with Crippen LogP contribution in [0.25, 0.3) is 5.82 Å². The first-order valence-corrected chi connectivity index (χ1v) is 10.1. The van der Waals surface area contributed by atoms with Crippen molar-refractivity contribution in [2.75, 3.05) is 36.0 Å². The Labute approximate surface area is 165 Å². The van der Waals surface area contributed by atoms with Gasteiger partial charge < -0.3 is 9.80 Å². The molecule has 0 amide bonds. The van der Waals surface area contributed by atoms with Gasteiger partial charge in [0.2, 0.25) is 0 Å². The minimum atomic E-state index is 0.916. The molecule has 0 radical (unpaired) electrons. The standard InChI is InChI=1S/C21H25N7/c1-16-22-9-10-28(16)20-8-4-7-19(25-20)26-11-13-27(14-12-26)21-17-5-2-3-6-18(17)23-15-24-21/h4,7-10,15H,2-3,5-6,11-14H2,1H3. The van der Waals surface area contributed by atoms with Gasteiger partial charge in [0.05, 0.1) is 0 Å². The monoisotopic (exact) mass is 375 g/mol. The van der Waals surface area contributed by atoms with Crippen LogP contribution in [0.5, 0.6) is 0 Å². The van der Waals surface area contributed by atoms with Crippen molar-refractivity contribution in [1.82, 2.24) is 24.5 Å². The van der Waals surface area contributed by atoms with Crippen LogP contribution < -0.4 is 9.80 Å². The van der Waals surface area contributed by atoms with Crippen LogP contribution in [0.1, 0.15) is 29.9 Å². The van der Waals surface area contributed by atoms with Gasteiger partial charge in [-0.2, -0.15) is 0 Å². The van der Waals surface area contributed by atoms with E-state index in [2.05, 4.69) is 36.9 Å². The van der Waals surface area contributed by atoms with Gasteiger partial charge in [0.1, 0.15) is 29.6 Å². The number of aromatic nitrogens is 5. The topological polar surface area (TPSA) is 63.0 Å². The van der Waals surface area contributed by atoms with Crippen molar-refractivity contribution in [3.63, 3.8) is 0 Å². The Balaban J connectivity index is 1.33. The number of aryl methyl sites for hydroxylation is 2. The second-order valence-electron chi connectivity index (χ2n) is 7.50. The Kier molecular flexibility index (Phi) is 4.43. The van der Waals surface area contributed by atoms with Gasteiger partial charge >= 0.3 is 0 Å². The number of piperazine rings is 1. The van der Waals surface area contributed by atoms with E-state index in [0.29, 0.717) is 0 Å². The summed E-state index contributed by atoms with van der Waals surface area (Å²) in [4.78, 5) is 23.1. The third-order valence-electron chi connectivity index (χ3n) is 5.80. The fourth-order valence-corrected chi connectivity index (χ4v) is 4.27. The highest BCUT2D eigenvalue weighted by molar-refractivity contribution is 5.52. The van der Waals surface area contributed by atoms with Gasteiger partial charge in [-0.05, 0) is 44.7 Å². The minimum Gasteiger partial charge on any atom is -0.353 e. The molecule has 2 aliphatic rings. The number of imidazole rings is 1. The van der Waals surface area contributed by atoms with Crippen LogP contribution in [-0.2, 0) is 12.8 Å². The Morgan fingerprint density at radius 1 is 0.857 bits per heavy atom. The van der Waals surface area contributed by atoms with Crippen molar-refractivity contribution < 1.29 is 0 Å². The molecule has 5 rings (SSSR count). The van der Waals surface area contributed by atoms with Gasteiger partial charge in [-0.25, -0.2) is 19.9 Å². The highest BCUT2D eigenvalue weighted by Crippen LogP contribution is 2.28. The van der Waals surface area contributed by atoms with E-state index in [4.69, 9.17) is 4.98 Å². The molecule has 3 aromatic heterocycles. The molecular formula is C21H25N7. The van der Waals surface area contributed by atoms with Crippen molar-refractivity contribution >= 4 is 11.6 Å². The molecule has 0 bridgehead atoms. The predicted molar refractivity (Wildman–Crippen MR) is 109 cm³/mol. The van der Waals surface area contributed by atoms with Crippen LogP contribution in [0, 0.1) is 6.92 Å². The highest BCUT2D eigenvalue weighted by Gasteiger charge is 2.24. The van der Waals surface area contributed by atoms with Crippen molar-refractivity contribution in [2.24, 2.45) is 0 Å². The average Bonchev–Trinajstić information content (AvgIpc) is 3.19. The lowest BCUT2D eigenvalue weighted by atomic mass is 9.96. The summed E-state index contributed by atoms with van der Waals surface area (Å²) in [7, 11) is 0. The molecule has 28 heavy (non-hydrogen) atoms. The zero-order chi connectivity index (χ0) is 18.9. The molecule has 1 fully saturated rings. The van der Waals surface area contributed by atoms with Gasteiger partial charge in [0, 0.05) is 49.8 Å². The highest BCUT2D eigenvalue weighted by atomic mass is 15.3. The van der Waals surface area contributed by atoms with Crippen LogP contribution in [-0.4, -0.2) is 50.7 Å². The van der Waals surface area contributed by atoms with E-state index in [0.717, 1.165) is 62.3 Å². The molecule has 0 atom stereocenters. The lowest BCUT2D eigenvalue weighted by Crippen LogP contribution is -2.47. The molecule has 4 heterocycles. The van der Waals surface area contributed by atoms with Gasteiger partial charge in [0.15, 0.2) is 0 Å². The minimum absolute atomic E-state index is 0.916. The fraction of sp³-hybridized carbons (Fsp3) is 0.429. The normalized spacial score (nSPS) is 16.9. The van der Waals surface area contributed by atoms with Crippen LogP contribution in [0.2, 0.25) is 0 Å². The lowest BCUT2D eigenvalue weighted by molar-refractivity contribution is 0.619. The number of rotatable bonds is 3. The van der Waals surface area contributed by atoms with E-state index in [1.54, 1.807) is 6.33 Å². The molecule has 7 nitrogen and oxygen atoms in total. The number of pyridine rings is 1. The van der Waals surface area contributed by atoms with E-state index < -0.39 is 0 Å². The summed E-state index contributed by atoms with van der Waals surface area (Å²) in [5.74, 6) is 4.04.